The van der Waals surface area contributed by atoms with Gasteiger partial charge in [-0.15, -0.1) is 0 Å². The van der Waals surface area contributed by atoms with Gasteiger partial charge in [0.1, 0.15) is 17.1 Å². The van der Waals surface area contributed by atoms with Crippen molar-refractivity contribution in [1.29, 1.82) is 0 Å². The third-order valence-electron chi connectivity index (χ3n) is 4.24. The first-order chi connectivity index (χ1) is 13.1. The number of fused-ring (bicyclic) bond motifs is 1. The fraction of sp³-hybridized carbons (Fsp3) is 0.294. The molecule has 1 aliphatic rings. The average Bonchev–Trinajstić information content (AvgIpc) is 3.30. The van der Waals surface area contributed by atoms with E-state index < -0.39 is 11.8 Å². The lowest BCUT2D eigenvalue weighted by Gasteiger charge is -2.30. The molecule has 1 saturated heterocycles. The molecule has 1 fully saturated rings. The molecule has 0 radical (unpaired) electrons. The maximum atomic E-state index is 13.6. The first-order valence-corrected chi connectivity index (χ1v) is 8.49. The molecule has 9 nitrogen and oxygen atoms in total. The van der Waals surface area contributed by atoms with Crippen LogP contribution >= 0.6 is 0 Å². The Hall–Kier alpha value is -3.43. The molecule has 27 heavy (non-hydrogen) atoms. The predicted octanol–water partition coefficient (Wildman–Crippen LogP) is 1.78. The van der Waals surface area contributed by atoms with Crippen molar-refractivity contribution < 1.29 is 19.0 Å². The van der Waals surface area contributed by atoms with Crippen LogP contribution in [0.3, 0.4) is 0 Å². The monoisotopic (exact) mass is 372 g/mol. The number of anilines is 2. The fourth-order valence-electron chi connectivity index (χ4n) is 3.07. The molecule has 10 heteroatoms. The van der Waals surface area contributed by atoms with Gasteiger partial charge in [0.25, 0.3) is 0 Å². The molecule has 0 aromatic carbocycles. The number of aromatic nitrogens is 4. The summed E-state index contributed by atoms with van der Waals surface area (Å²) in [4.78, 5) is 20.3. The Morgan fingerprint density at radius 2 is 2.15 bits per heavy atom. The lowest BCUT2D eigenvalue weighted by molar-refractivity contribution is 0.0528. The highest BCUT2D eigenvalue weighted by atomic mass is 19.1. The number of esters is 1. The summed E-state index contributed by atoms with van der Waals surface area (Å²) in [6.07, 6.45) is 4.84. The van der Waals surface area contributed by atoms with Crippen molar-refractivity contribution in [2.75, 3.05) is 29.7 Å². The van der Waals surface area contributed by atoms with Gasteiger partial charge in [-0.3, -0.25) is 10.0 Å². The molecule has 4 heterocycles. The van der Waals surface area contributed by atoms with Crippen LogP contribution in [0.25, 0.3) is 5.65 Å². The molecule has 3 aromatic rings. The third kappa shape index (κ3) is 2.98. The van der Waals surface area contributed by atoms with Crippen LogP contribution < -0.4 is 10.0 Å². The van der Waals surface area contributed by atoms with E-state index in [0.717, 1.165) is 12.6 Å². The van der Waals surface area contributed by atoms with E-state index in [1.54, 1.807) is 29.2 Å². The molecule has 0 aliphatic carbocycles. The molecule has 140 valence electrons. The number of hydrogen-bond acceptors (Lipinski definition) is 8. The summed E-state index contributed by atoms with van der Waals surface area (Å²) >= 11 is 0. The summed E-state index contributed by atoms with van der Waals surface area (Å²) in [6, 6.07) is 2.96. The molecule has 0 bridgehead atoms. The van der Waals surface area contributed by atoms with Gasteiger partial charge in [-0.1, -0.05) is 0 Å². The average molecular weight is 372 g/mol. The maximum absolute atomic E-state index is 13.6. The lowest BCUT2D eigenvalue weighted by atomic mass is 10.3. The number of pyridine rings is 1. The summed E-state index contributed by atoms with van der Waals surface area (Å²) in [5, 5.41) is 17.7. The van der Waals surface area contributed by atoms with E-state index in [9.17, 15) is 14.3 Å². The number of hydrazine groups is 1. The maximum Gasteiger partial charge on any atom is 0.343 e. The number of ether oxygens (including phenoxy) is 1. The third-order valence-corrected chi connectivity index (χ3v) is 4.24. The first-order valence-electron chi connectivity index (χ1n) is 8.49. The van der Waals surface area contributed by atoms with Gasteiger partial charge in [-0.25, -0.2) is 23.7 Å². The highest BCUT2D eigenvalue weighted by Crippen LogP contribution is 2.32. The van der Waals surface area contributed by atoms with E-state index in [4.69, 9.17) is 4.74 Å². The first kappa shape index (κ1) is 17.0. The minimum absolute atomic E-state index is 0.252. The molecule has 0 amide bonds. The Labute approximate surface area is 153 Å². The standard InChI is InChI=1S/C17H17FN6O3/c1-2-27-17(26)12-10-20-22-7-4-14(21-15(12)22)24-6-3-5-23(24)13-8-11(18)9-19-16(13)25/h4,7-10H,2-3,5-6H2,1H3,(H,19,25). The van der Waals surface area contributed by atoms with E-state index in [-0.39, 0.29) is 23.7 Å². The zero-order chi connectivity index (χ0) is 19.0. The van der Waals surface area contributed by atoms with E-state index in [1.807, 2.05) is 0 Å². The normalized spacial score (nSPS) is 14.1. The van der Waals surface area contributed by atoms with Crippen LogP contribution in [0.4, 0.5) is 15.9 Å². The molecular weight excluding hydrogens is 355 g/mol. The summed E-state index contributed by atoms with van der Waals surface area (Å²) < 4.78 is 20.1. The van der Waals surface area contributed by atoms with Crippen molar-refractivity contribution in [2.24, 2.45) is 0 Å². The Morgan fingerprint density at radius 1 is 1.33 bits per heavy atom. The number of hydrogen-bond donors (Lipinski definition) is 1. The Bertz CT molecular complexity index is 1010. The second-order valence-electron chi connectivity index (χ2n) is 5.93. The van der Waals surface area contributed by atoms with Gasteiger partial charge in [0.15, 0.2) is 11.5 Å². The summed E-state index contributed by atoms with van der Waals surface area (Å²) in [7, 11) is 0. The van der Waals surface area contributed by atoms with Gasteiger partial charge >= 0.3 is 5.97 Å². The zero-order valence-electron chi connectivity index (χ0n) is 14.5. The minimum atomic E-state index is -0.543. The van der Waals surface area contributed by atoms with Crippen LogP contribution in [0.2, 0.25) is 0 Å². The van der Waals surface area contributed by atoms with Crippen LogP contribution in [0.1, 0.15) is 23.7 Å². The molecule has 0 unspecified atom stereocenters. The van der Waals surface area contributed by atoms with Gasteiger partial charge in [0.2, 0.25) is 5.88 Å². The zero-order valence-corrected chi connectivity index (χ0v) is 14.5. The second kappa shape index (κ2) is 6.71. The number of nitrogens with zero attached hydrogens (tertiary/aromatic N) is 6. The SMILES string of the molecule is CCOC(=O)c1cnn2ccc(N3CCCN3c3cc(F)cnc3O)nc12. The largest absolute Gasteiger partial charge is 0.492 e. The van der Waals surface area contributed by atoms with E-state index in [1.165, 1.54) is 16.8 Å². The lowest BCUT2D eigenvalue weighted by Crippen LogP contribution is -2.37. The molecule has 0 atom stereocenters. The van der Waals surface area contributed by atoms with E-state index in [0.29, 0.717) is 24.6 Å². The van der Waals surface area contributed by atoms with Gasteiger partial charge in [0, 0.05) is 31.4 Å². The van der Waals surface area contributed by atoms with Crippen LogP contribution in [0.5, 0.6) is 5.88 Å². The molecular formula is C17H17FN6O3. The minimum Gasteiger partial charge on any atom is -0.492 e. The molecule has 4 rings (SSSR count). The Kier molecular flexibility index (Phi) is 4.22. The fourth-order valence-corrected chi connectivity index (χ4v) is 3.07. The molecule has 1 aliphatic heterocycles. The van der Waals surface area contributed by atoms with Gasteiger partial charge in [-0.2, -0.15) is 5.10 Å². The molecule has 3 aromatic heterocycles. The highest BCUT2D eigenvalue weighted by Gasteiger charge is 2.27. The van der Waals surface area contributed by atoms with Crippen LogP contribution in [-0.2, 0) is 4.74 Å². The van der Waals surface area contributed by atoms with E-state index >= 15 is 0 Å². The molecule has 0 spiro atoms. The van der Waals surface area contributed by atoms with Crippen molar-refractivity contribution in [3.05, 3.63) is 42.1 Å². The quantitative estimate of drug-likeness (QED) is 0.693. The van der Waals surface area contributed by atoms with Crippen LogP contribution in [-0.4, -0.2) is 50.4 Å². The Morgan fingerprint density at radius 3 is 2.96 bits per heavy atom. The topological polar surface area (TPSA) is 96.1 Å². The van der Waals surface area contributed by atoms with E-state index in [2.05, 4.69) is 15.1 Å². The van der Waals surface area contributed by atoms with Crippen LogP contribution in [0.15, 0.2) is 30.7 Å². The van der Waals surface area contributed by atoms with Gasteiger partial charge in [0.05, 0.1) is 19.0 Å². The number of carbonyl (C=O) groups excluding carboxylic acids is 1. The number of carbonyl (C=O) groups is 1. The number of rotatable bonds is 4. The molecule has 1 N–H and O–H groups in total. The summed E-state index contributed by atoms with van der Waals surface area (Å²) in [5.41, 5.74) is 0.882. The number of halogens is 1. The smallest absolute Gasteiger partial charge is 0.343 e. The van der Waals surface area contributed by atoms with Crippen molar-refractivity contribution in [3.63, 3.8) is 0 Å². The second-order valence-corrected chi connectivity index (χ2v) is 5.93. The van der Waals surface area contributed by atoms with Crippen molar-refractivity contribution in [2.45, 2.75) is 13.3 Å². The van der Waals surface area contributed by atoms with Crippen molar-refractivity contribution >= 4 is 23.1 Å². The van der Waals surface area contributed by atoms with Crippen molar-refractivity contribution in [3.8, 4) is 5.88 Å². The molecule has 0 saturated carbocycles. The van der Waals surface area contributed by atoms with Crippen molar-refractivity contribution in [1.82, 2.24) is 19.6 Å². The van der Waals surface area contributed by atoms with Gasteiger partial charge in [-0.05, 0) is 13.3 Å². The Balaban J connectivity index is 1.73. The number of aromatic hydroxyl groups is 1. The van der Waals surface area contributed by atoms with Gasteiger partial charge < -0.3 is 9.84 Å². The predicted molar refractivity (Wildman–Crippen MR) is 94.1 cm³/mol. The highest BCUT2D eigenvalue weighted by molar-refractivity contribution is 5.95. The summed E-state index contributed by atoms with van der Waals surface area (Å²) in [6.45, 7) is 3.16. The summed E-state index contributed by atoms with van der Waals surface area (Å²) in [5.74, 6) is -0.767. The van der Waals surface area contributed by atoms with Crippen LogP contribution in [0, 0.1) is 5.82 Å².